The van der Waals surface area contributed by atoms with Crippen LogP contribution in [0.5, 0.6) is 0 Å². The SMILES string of the molecule is Cc1nc(-c2cccc(Cl)c2)sc1C(=O)N1CC(N[C@H]2CCN(C(=O)c3nccs3)C2)C1. The average molecular weight is 488 g/mol. The highest BCUT2D eigenvalue weighted by Gasteiger charge is 2.36. The standard InChI is InChI=1S/C22H22ClN5O2S2/c1-13-18(32-19(25-13)14-3-2-4-15(23)9-14)21(29)28-11-17(12-28)26-16-5-7-27(10-16)22(30)20-24-6-8-31-20/h2-4,6,8-9,16-17,26H,5,7,10-12H2,1H3/t16-/m0/s1. The summed E-state index contributed by atoms with van der Waals surface area (Å²) in [5, 5.41) is 7.42. The number of likely N-dealkylation sites (tertiary alicyclic amines) is 2. The van der Waals surface area contributed by atoms with E-state index in [0.29, 0.717) is 34.5 Å². The molecule has 2 aromatic heterocycles. The van der Waals surface area contributed by atoms with E-state index in [2.05, 4.69) is 15.3 Å². The van der Waals surface area contributed by atoms with Crippen LogP contribution in [0.15, 0.2) is 35.8 Å². The molecule has 2 aliphatic rings. The first-order valence-electron chi connectivity index (χ1n) is 10.5. The molecule has 0 aliphatic carbocycles. The highest BCUT2D eigenvalue weighted by molar-refractivity contribution is 7.17. The summed E-state index contributed by atoms with van der Waals surface area (Å²) < 4.78 is 0. The van der Waals surface area contributed by atoms with Crippen molar-refractivity contribution in [3.8, 4) is 10.6 Å². The Balaban J connectivity index is 1.14. The van der Waals surface area contributed by atoms with Gasteiger partial charge in [-0.2, -0.15) is 0 Å². The second kappa shape index (κ2) is 8.90. The van der Waals surface area contributed by atoms with Crippen LogP contribution in [0, 0.1) is 6.92 Å². The third kappa shape index (κ3) is 4.30. The van der Waals surface area contributed by atoms with Crippen LogP contribution in [0.25, 0.3) is 10.6 Å². The van der Waals surface area contributed by atoms with Gasteiger partial charge in [-0.1, -0.05) is 23.7 Å². The quantitative estimate of drug-likeness (QED) is 0.595. The van der Waals surface area contributed by atoms with E-state index in [-0.39, 0.29) is 23.9 Å². The molecular weight excluding hydrogens is 466 g/mol. The van der Waals surface area contributed by atoms with Crippen LogP contribution in [0.4, 0.5) is 0 Å². The molecule has 4 heterocycles. The lowest BCUT2D eigenvalue weighted by atomic mass is 10.1. The summed E-state index contributed by atoms with van der Waals surface area (Å²) in [7, 11) is 0. The molecule has 0 radical (unpaired) electrons. The molecule has 0 unspecified atom stereocenters. The van der Waals surface area contributed by atoms with Crippen molar-refractivity contribution in [2.75, 3.05) is 26.2 Å². The molecule has 0 bridgehead atoms. The molecule has 1 atom stereocenters. The Hall–Kier alpha value is -2.33. The van der Waals surface area contributed by atoms with Crippen LogP contribution in [0.1, 0.15) is 31.6 Å². The number of thiazole rings is 2. The molecule has 2 aliphatic heterocycles. The van der Waals surface area contributed by atoms with Gasteiger partial charge in [0.15, 0.2) is 5.01 Å². The topological polar surface area (TPSA) is 78.4 Å². The predicted octanol–water partition coefficient (Wildman–Crippen LogP) is 3.56. The van der Waals surface area contributed by atoms with Crippen molar-refractivity contribution < 1.29 is 9.59 Å². The molecule has 2 amide bonds. The van der Waals surface area contributed by atoms with Crippen LogP contribution < -0.4 is 5.32 Å². The summed E-state index contributed by atoms with van der Waals surface area (Å²) >= 11 is 8.88. The zero-order chi connectivity index (χ0) is 22.2. The fraction of sp³-hybridized carbons (Fsp3) is 0.364. The molecule has 3 aromatic rings. The van der Waals surface area contributed by atoms with E-state index in [0.717, 1.165) is 29.2 Å². The number of aromatic nitrogens is 2. The van der Waals surface area contributed by atoms with Crippen LogP contribution in [-0.4, -0.2) is 69.8 Å². The molecular formula is C22H22ClN5O2S2. The summed E-state index contributed by atoms with van der Waals surface area (Å²) in [6, 6.07) is 8.02. The minimum absolute atomic E-state index is 0.00546. The Morgan fingerprint density at radius 2 is 1.97 bits per heavy atom. The van der Waals surface area contributed by atoms with Gasteiger partial charge in [-0.15, -0.1) is 22.7 Å². The van der Waals surface area contributed by atoms with Gasteiger partial charge in [0, 0.05) is 60.4 Å². The first kappa shape index (κ1) is 21.5. The van der Waals surface area contributed by atoms with Gasteiger partial charge in [0.25, 0.3) is 11.8 Å². The number of hydrogen-bond acceptors (Lipinski definition) is 7. The van der Waals surface area contributed by atoms with Gasteiger partial charge < -0.3 is 15.1 Å². The molecule has 1 N–H and O–H groups in total. The van der Waals surface area contributed by atoms with Crippen molar-refractivity contribution in [3.05, 3.63) is 56.4 Å². The van der Waals surface area contributed by atoms with Crippen molar-refractivity contribution in [3.63, 3.8) is 0 Å². The number of nitrogens with zero attached hydrogens (tertiary/aromatic N) is 4. The Morgan fingerprint density at radius 3 is 2.72 bits per heavy atom. The van der Waals surface area contributed by atoms with Crippen molar-refractivity contribution in [1.29, 1.82) is 0 Å². The van der Waals surface area contributed by atoms with E-state index in [9.17, 15) is 9.59 Å². The number of hydrogen-bond donors (Lipinski definition) is 1. The number of aryl methyl sites for hydroxylation is 1. The third-order valence-electron chi connectivity index (χ3n) is 5.79. The number of rotatable bonds is 5. The van der Waals surface area contributed by atoms with E-state index in [1.807, 2.05) is 46.4 Å². The highest BCUT2D eigenvalue weighted by atomic mass is 35.5. The molecule has 0 saturated carbocycles. The van der Waals surface area contributed by atoms with Gasteiger partial charge in [0.1, 0.15) is 9.88 Å². The van der Waals surface area contributed by atoms with Gasteiger partial charge in [-0.3, -0.25) is 9.59 Å². The van der Waals surface area contributed by atoms with Crippen molar-refractivity contribution >= 4 is 46.1 Å². The predicted molar refractivity (Wildman–Crippen MR) is 127 cm³/mol. The van der Waals surface area contributed by atoms with E-state index >= 15 is 0 Å². The number of carbonyl (C=O) groups excluding carboxylic acids is 2. The molecule has 10 heteroatoms. The molecule has 32 heavy (non-hydrogen) atoms. The summed E-state index contributed by atoms with van der Waals surface area (Å²) in [6.45, 7) is 4.62. The van der Waals surface area contributed by atoms with E-state index in [4.69, 9.17) is 11.6 Å². The Bertz CT molecular complexity index is 1140. The third-order valence-corrected chi connectivity index (χ3v) is 7.98. The van der Waals surface area contributed by atoms with E-state index in [1.54, 1.807) is 6.20 Å². The normalized spacial score (nSPS) is 18.8. The monoisotopic (exact) mass is 487 g/mol. The van der Waals surface area contributed by atoms with Gasteiger partial charge in [-0.25, -0.2) is 9.97 Å². The highest BCUT2D eigenvalue weighted by Crippen LogP contribution is 2.31. The summed E-state index contributed by atoms with van der Waals surface area (Å²) in [6.07, 6.45) is 2.57. The number of benzene rings is 1. The fourth-order valence-corrected chi connectivity index (χ4v) is 5.93. The summed E-state index contributed by atoms with van der Waals surface area (Å²) in [5.74, 6) is 0.0317. The Morgan fingerprint density at radius 1 is 1.16 bits per heavy atom. The molecule has 7 nitrogen and oxygen atoms in total. The number of amides is 2. The maximum absolute atomic E-state index is 13.0. The van der Waals surface area contributed by atoms with Gasteiger partial charge in [-0.05, 0) is 25.5 Å². The van der Waals surface area contributed by atoms with E-state index < -0.39 is 0 Å². The first-order chi connectivity index (χ1) is 15.5. The minimum Gasteiger partial charge on any atom is -0.335 e. The smallest absolute Gasteiger partial charge is 0.282 e. The molecule has 2 saturated heterocycles. The zero-order valence-corrected chi connectivity index (χ0v) is 19.8. The molecule has 1 aromatic carbocycles. The second-order valence-electron chi connectivity index (χ2n) is 8.09. The molecule has 166 valence electrons. The molecule has 2 fully saturated rings. The first-order valence-corrected chi connectivity index (χ1v) is 12.5. The number of halogens is 1. The van der Waals surface area contributed by atoms with Gasteiger partial charge >= 0.3 is 0 Å². The zero-order valence-electron chi connectivity index (χ0n) is 17.5. The fourth-order valence-electron chi connectivity index (χ4n) is 4.11. The van der Waals surface area contributed by atoms with Gasteiger partial charge in [0.05, 0.1) is 5.69 Å². The largest absolute Gasteiger partial charge is 0.335 e. The van der Waals surface area contributed by atoms with Gasteiger partial charge in [0.2, 0.25) is 0 Å². The molecule has 0 spiro atoms. The number of carbonyl (C=O) groups is 2. The second-order valence-corrected chi connectivity index (χ2v) is 10.4. The van der Waals surface area contributed by atoms with Crippen molar-refractivity contribution in [2.24, 2.45) is 0 Å². The minimum atomic E-state index is 0.00546. The lowest BCUT2D eigenvalue weighted by molar-refractivity contribution is 0.0556. The maximum Gasteiger partial charge on any atom is 0.282 e. The van der Waals surface area contributed by atoms with Crippen LogP contribution in [0.3, 0.4) is 0 Å². The lowest BCUT2D eigenvalue weighted by Gasteiger charge is -2.41. The summed E-state index contributed by atoms with van der Waals surface area (Å²) in [5.41, 5.74) is 1.67. The number of nitrogens with one attached hydrogen (secondary N) is 1. The van der Waals surface area contributed by atoms with Crippen LogP contribution in [-0.2, 0) is 0 Å². The van der Waals surface area contributed by atoms with E-state index in [1.165, 1.54) is 22.7 Å². The summed E-state index contributed by atoms with van der Waals surface area (Å²) in [4.78, 5) is 38.6. The average Bonchev–Trinajstić information content (AvgIpc) is 3.50. The Labute approximate surface area is 199 Å². The van der Waals surface area contributed by atoms with Crippen LogP contribution in [0.2, 0.25) is 5.02 Å². The maximum atomic E-state index is 13.0. The van der Waals surface area contributed by atoms with Crippen LogP contribution >= 0.6 is 34.3 Å². The lowest BCUT2D eigenvalue weighted by Crippen LogP contribution is -2.62. The molecule has 5 rings (SSSR count). The Kier molecular flexibility index (Phi) is 5.98. The van der Waals surface area contributed by atoms with Crippen molar-refractivity contribution in [1.82, 2.24) is 25.1 Å². The van der Waals surface area contributed by atoms with Crippen molar-refractivity contribution in [2.45, 2.75) is 25.4 Å².